The van der Waals surface area contributed by atoms with E-state index in [1.54, 1.807) is 6.08 Å². The third kappa shape index (κ3) is 3.59. The number of alkyl halides is 3. The summed E-state index contributed by atoms with van der Waals surface area (Å²) in [4.78, 5) is 62.9. The highest BCUT2D eigenvalue weighted by atomic mass is 79.9. The second-order valence-electron chi connectivity index (χ2n) is 10.5. The molecule has 0 bridgehead atoms. The minimum atomic E-state index is -2.10. The van der Waals surface area contributed by atoms with Gasteiger partial charge in [-0.2, -0.15) is 0 Å². The standard InChI is InChI=1S/C27H19BrCl2FN3O7/c28-11-32-24(38)26(29)10-17-15(21(27(26,30)25(32)39)12-1-8-19(35)18(31)9-12)6-7-16-20(17)23(37)33(22(16)36)13-2-4-14(5-3-13)34(40)41/h1-6,8-9,16-17,20-21,35H,7,10-11H2. The van der Waals surface area contributed by atoms with Crippen molar-refractivity contribution in [1.29, 1.82) is 0 Å². The topological polar surface area (TPSA) is 138 Å². The van der Waals surface area contributed by atoms with Crippen LogP contribution in [0.3, 0.4) is 0 Å². The zero-order valence-electron chi connectivity index (χ0n) is 20.8. The van der Waals surface area contributed by atoms with E-state index >= 15 is 0 Å². The molecule has 0 aromatic heterocycles. The van der Waals surface area contributed by atoms with Gasteiger partial charge < -0.3 is 5.11 Å². The Hall–Kier alpha value is -3.35. The summed E-state index contributed by atoms with van der Waals surface area (Å²) >= 11 is 17.3. The van der Waals surface area contributed by atoms with Gasteiger partial charge in [-0.3, -0.25) is 39.1 Å². The molecule has 2 saturated heterocycles. The number of hydrogen-bond donors (Lipinski definition) is 1. The predicted octanol–water partition coefficient (Wildman–Crippen LogP) is 4.36. The van der Waals surface area contributed by atoms with Crippen LogP contribution in [0.4, 0.5) is 15.8 Å². The number of nitrogens with zero attached hydrogens (tertiary/aromatic N) is 3. The van der Waals surface area contributed by atoms with Crippen molar-refractivity contribution >= 4 is 74.1 Å². The first-order valence-corrected chi connectivity index (χ1v) is 14.3. The van der Waals surface area contributed by atoms with E-state index in [9.17, 15) is 38.8 Å². The summed E-state index contributed by atoms with van der Waals surface area (Å²) in [6.07, 6.45) is 1.54. The number of hydrogen-bond acceptors (Lipinski definition) is 7. The molecular weight excluding hydrogens is 648 g/mol. The van der Waals surface area contributed by atoms with E-state index in [1.807, 2.05) is 0 Å². The number of amides is 4. The molecule has 6 rings (SSSR count). The number of nitro groups is 1. The molecule has 1 N–H and O–H groups in total. The molecule has 2 aromatic rings. The van der Waals surface area contributed by atoms with Gasteiger partial charge in [-0.25, -0.2) is 4.39 Å². The Labute approximate surface area is 250 Å². The third-order valence-corrected chi connectivity index (χ3v) is 10.6. The average Bonchev–Trinajstić information content (AvgIpc) is 3.28. The Morgan fingerprint density at radius 1 is 1.05 bits per heavy atom. The van der Waals surface area contributed by atoms with Crippen LogP contribution in [0.2, 0.25) is 0 Å². The fourth-order valence-corrected chi connectivity index (χ4v) is 8.23. The van der Waals surface area contributed by atoms with Crippen LogP contribution in [0, 0.1) is 33.7 Å². The van der Waals surface area contributed by atoms with Gasteiger partial charge >= 0.3 is 0 Å². The first kappa shape index (κ1) is 27.8. The highest BCUT2D eigenvalue weighted by Gasteiger charge is 2.76. The normalized spacial score (nSPS) is 32.5. The number of carbonyl (C=O) groups excluding carboxylic acids is 4. The van der Waals surface area contributed by atoms with Crippen LogP contribution < -0.4 is 4.90 Å². The molecule has 4 amide bonds. The Morgan fingerprint density at radius 3 is 2.34 bits per heavy atom. The molecule has 0 radical (unpaired) electrons. The summed E-state index contributed by atoms with van der Waals surface area (Å²) < 4.78 is 14.6. The lowest BCUT2D eigenvalue weighted by molar-refractivity contribution is -0.384. The van der Waals surface area contributed by atoms with E-state index in [0.717, 1.165) is 21.9 Å². The Kier molecular flexibility index (Phi) is 6.33. The zero-order valence-corrected chi connectivity index (χ0v) is 23.9. The van der Waals surface area contributed by atoms with Gasteiger partial charge in [0, 0.05) is 18.1 Å². The summed E-state index contributed by atoms with van der Waals surface area (Å²) in [5.41, 5.74) is 0.363. The molecule has 41 heavy (non-hydrogen) atoms. The van der Waals surface area contributed by atoms with Gasteiger partial charge in [-0.15, -0.1) is 23.2 Å². The van der Waals surface area contributed by atoms with Crippen molar-refractivity contribution in [2.75, 3.05) is 10.4 Å². The number of benzene rings is 2. The molecule has 2 aliphatic carbocycles. The minimum Gasteiger partial charge on any atom is -0.505 e. The summed E-state index contributed by atoms with van der Waals surface area (Å²) in [5.74, 6) is -8.11. The number of aromatic hydroxyl groups is 1. The van der Waals surface area contributed by atoms with E-state index in [1.165, 1.54) is 30.3 Å². The fraction of sp³-hybridized carbons (Fsp3) is 0.333. The Bertz CT molecular complexity index is 1600. The van der Waals surface area contributed by atoms with Gasteiger partial charge in [0.25, 0.3) is 17.5 Å². The quantitative estimate of drug-likeness (QED) is 0.128. The van der Waals surface area contributed by atoms with Crippen molar-refractivity contribution in [2.45, 2.75) is 28.5 Å². The molecule has 4 aliphatic rings. The number of phenols is 1. The number of imide groups is 2. The van der Waals surface area contributed by atoms with E-state index in [-0.39, 0.29) is 35.2 Å². The number of likely N-dealkylation sites (tertiary alicyclic amines) is 1. The molecule has 2 aliphatic heterocycles. The van der Waals surface area contributed by atoms with E-state index in [4.69, 9.17) is 23.2 Å². The number of carbonyl (C=O) groups is 4. The molecule has 1 saturated carbocycles. The van der Waals surface area contributed by atoms with Gasteiger partial charge in [0.05, 0.1) is 27.9 Å². The third-order valence-electron chi connectivity index (χ3n) is 8.64. The molecule has 6 unspecified atom stereocenters. The number of nitro benzene ring substituents is 1. The number of non-ortho nitro benzene ring substituents is 1. The van der Waals surface area contributed by atoms with Crippen LogP contribution in [0.1, 0.15) is 24.3 Å². The maximum absolute atomic E-state index is 14.6. The number of allylic oxidation sites excluding steroid dienone is 2. The molecular formula is C27H19BrCl2FN3O7. The van der Waals surface area contributed by atoms with Gasteiger partial charge in [-0.05, 0) is 48.6 Å². The number of phenolic OH excluding ortho intramolecular Hbond substituents is 1. The lowest BCUT2D eigenvalue weighted by atomic mass is 9.56. The van der Waals surface area contributed by atoms with Crippen molar-refractivity contribution in [2.24, 2.45) is 17.8 Å². The first-order valence-electron chi connectivity index (χ1n) is 12.5. The number of anilines is 1. The maximum atomic E-state index is 14.6. The van der Waals surface area contributed by atoms with Crippen molar-refractivity contribution < 1.29 is 33.6 Å². The van der Waals surface area contributed by atoms with Gasteiger partial charge in [0.2, 0.25) is 11.8 Å². The highest BCUT2D eigenvalue weighted by Crippen LogP contribution is 2.65. The van der Waals surface area contributed by atoms with Crippen LogP contribution in [0.15, 0.2) is 54.1 Å². The average molecular weight is 667 g/mol. The zero-order chi connectivity index (χ0) is 29.6. The molecule has 2 heterocycles. The highest BCUT2D eigenvalue weighted by molar-refractivity contribution is 9.09. The summed E-state index contributed by atoms with van der Waals surface area (Å²) in [5, 5.41) is 20.9. The number of fused-ring (bicyclic) bond motifs is 4. The molecule has 3 fully saturated rings. The fourth-order valence-electron chi connectivity index (χ4n) is 6.81. The number of rotatable bonds is 4. The van der Waals surface area contributed by atoms with Gasteiger partial charge in [0.15, 0.2) is 21.3 Å². The van der Waals surface area contributed by atoms with Crippen molar-refractivity contribution in [1.82, 2.24) is 4.90 Å². The molecule has 10 nitrogen and oxygen atoms in total. The number of halogens is 4. The van der Waals surface area contributed by atoms with Crippen molar-refractivity contribution in [3.05, 3.63) is 75.6 Å². The van der Waals surface area contributed by atoms with E-state index < -0.39 is 73.5 Å². The smallest absolute Gasteiger partial charge is 0.269 e. The lowest BCUT2D eigenvalue weighted by Gasteiger charge is -2.50. The maximum Gasteiger partial charge on any atom is 0.269 e. The lowest BCUT2D eigenvalue weighted by Crippen LogP contribution is -2.60. The first-order chi connectivity index (χ1) is 19.4. The molecule has 14 heteroatoms. The van der Waals surface area contributed by atoms with Crippen molar-refractivity contribution in [3.63, 3.8) is 0 Å². The molecule has 2 aromatic carbocycles. The second-order valence-corrected chi connectivity index (χ2v) is 12.2. The van der Waals surface area contributed by atoms with E-state index in [0.29, 0.717) is 5.57 Å². The van der Waals surface area contributed by atoms with Gasteiger partial charge in [0.1, 0.15) is 0 Å². The van der Waals surface area contributed by atoms with Crippen LogP contribution in [0.5, 0.6) is 5.75 Å². The van der Waals surface area contributed by atoms with Gasteiger partial charge in [-0.1, -0.05) is 33.6 Å². The van der Waals surface area contributed by atoms with Crippen molar-refractivity contribution in [3.8, 4) is 5.75 Å². The largest absolute Gasteiger partial charge is 0.505 e. The second kappa shape index (κ2) is 9.33. The minimum absolute atomic E-state index is 0.0914. The van der Waals surface area contributed by atoms with Crippen LogP contribution >= 0.6 is 39.1 Å². The van der Waals surface area contributed by atoms with E-state index in [2.05, 4.69) is 15.9 Å². The van der Waals surface area contributed by atoms with Crippen LogP contribution in [-0.2, 0) is 19.2 Å². The monoisotopic (exact) mass is 665 g/mol. The SMILES string of the molecule is O=C1C2CC=C3C(CC4(Cl)C(=O)N(CBr)C(=O)C4(Cl)C3c3ccc(O)c(F)c3)C2C(=O)N1c1ccc([N+](=O)[O-])cc1. The summed E-state index contributed by atoms with van der Waals surface area (Å²) in [6.45, 7) is 0. The molecule has 0 spiro atoms. The summed E-state index contributed by atoms with van der Waals surface area (Å²) in [6, 6.07) is 8.47. The summed E-state index contributed by atoms with van der Waals surface area (Å²) in [7, 11) is 0. The van der Waals surface area contributed by atoms with Crippen LogP contribution in [0.25, 0.3) is 0 Å². The van der Waals surface area contributed by atoms with Crippen LogP contribution in [-0.4, -0.2) is 53.8 Å². The molecule has 6 atom stereocenters. The predicted molar refractivity (Wildman–Crippen MR) is 147 cm³/mol. The molecule has 212 valence electrons. The Balaban J connectivity index is 1.49. The Morgan fingerprint density at radius 2 is 1.73 bits per heavy atom.